The van der Waals surface area contributed by atoms with Crippen LogP contribution in [0.5, 0.6) is 0 Å². The van der Waals surface area contributed by atoms with Gasteiger partial charge in [-0.3, -0.25) is 0 Å². The van der Waals surface area contributed by atoms with E-state index in [-0.39, 0.29) is 0 Å². The minimum Gasteiger partial charge on any atom is -0.464 e. The van der Waals surface area contributed by atoms with E-state index in [0.717, 1.165) is 24.0 Å². The predicted molar refractivity (Wildman–Crippen MR) is 71.1 cm³/mol. The smallest absolute Gasteiger partial charge is 0.121 e. The summed E-state index contributed by atoms with van der Waals surface area (Å²) >= 11 is 0. The predicted octanol–water partition coefficient (Wildman–Crippen LogP) is 3.98. The molecule has 2 nitrogen and oxygen atoms in total. The van der Waals surface area contributed by atoms with E-state index >= 15 is 0 Å². The van der Waals surface area contributed by atoms with E-state index in [2.05, 4.69) is 39.1 Å². The standard InChI is InChI=1S/C15H25NO/c1-6-7-16-14(12-9-15(12,4)5)13-8-10(2)11(3)17-13/h8,12,14,16H,6-7,9H2,1-5H3. The fourth-order valence-corrected chi connectivity index (χ4v) is 2.57. The van der Waals surface area contributed by atoms with Crippen molar-refractivity contribution in [1.29, 1.82) is 0 Å². The van der Waals surface area contributed by atoms with Crippen LogP contribution in [0.1, 0.15) is 56.7 Å². The molecule has 0 spiro atoms. The molecule has 1 aliphatic rings. The minimum atomic E-state index is 0.400. The first-order chi connectivity index (χ1) is 7.95. The summed E-state index contributed by atoms with van der Waals surface area (Å²) in [6.45, 7) is 12.1. The summed E-state index contributed by atoms with van der Waals surface area (Å²) in [5, 5.41) is 3.65. The second-order valence-corrected chi connectivity index (χ2v) is 6.12. The molecule has 0 saturated heterocycles. The summed E-state index contributed by atoms with van der Waals surface area (Å²) in [6.07, 6.45) is 2.47. The van der Waals surface area contributed by atoms with Crippen molar-refractivity contribution in [2.24, 2.45) is 11.3 Å². The average molecular weight is 235 g/mol. The molecule has 17 heavy (non-hydrogen) atoms. The third-order valence-corrected chi connectivity index (χ3v) is 4.10. The van der Waals surface area contributed by atoms with Crippen molar-refractivity contribution >= 4 is 0 Å². The third-order valence-electron chi connectivity index (χ3n) is 4.10. The van der Waals surface area contributed by atoms with E-state index in [1.54, 1.807) is 0 Å². The van der Waals surface area contributed by atoms with Crippen LogP contribution in [0.4, 0.5) is 0 Å². The van der Waals surface area contributed by atoms with Gasteiger partial charge in [-0.05, 0) is 56.2 Å². The molecule has 2 atom stereocenters. The highest BCUT2D eigenvalue weighted by molar-refractivity contribution is 5.23. The van der Waals surface area contributed by atoms with Crippen molar-refractivity contribution in [3.63, 3.8) is 0 Å². The van der Waals surface area contributed by atoms with E-state index in [9.17, 15) is 0 Å². The molecule has 1 aromatic heterocycles. The zero-order chi connectivity index (χ0) is 12.6. The molecule has 1 saturated carbocycles. The molecular formula is C15H25NO. The van der Waals surface area contributed by atoms with Crippen LogP contribution in [0.2, 0.25) is 0 Å². The van der Waals surface area contributed by atoms with E-state index in [1.165, 1.54) is 18.4 Å². The lowest BCUT2D eigenvalue weighted by molar-refractivity contribution is 0.343. The summed E-state index contributed by atoms with van der Waals surface area (Å²) in [4.78, 5) is 0. The highest BCUT2D eigenvalue weighted by Crippen LogP contribution is 2.57. The van der Waals surface area contributed by atoms with E-state index in [4.69, 9.17) is 4.42 Å². The van der Waals surface area contributed by atoms with Crippen LogP contribution < -0.4 is 5.32 Å². The Bertz CT molecular complexity index is 372. The van der Waals surface area contributed by atoms with E-state index in [0.29, 0.717) is 11.5 Å². The maximum absolute atomic E-state index is 5.91. The van der Waals surface area contributed by atoms with Gasteiger partial charge in [-0.25, -0.2) is 0 Å². The van der Waals surface area contributed by atoms with Gasteiger partial charge in [-0.2, -0.15) is 0 Å². The van der Waals surface area contributed by atoms with Gasteiger partial charge in [0.15, 0.2) is 0 Å². The molecule has 0 aliphatic heterocycles. The van der Waals surface area contributed by atoms with Gasteiger partial charge in [0.1, 0.15) is 11.5 Å². The van der Waals surface area contributed by atoms with Gasteiger partial charge in [0, 0.05) is 0 Å². The summed E-state index contributed by atoms with van der Waals surface area (Å²) in [6, 6.07) is 2.61. The van der Waals surface area contributed by atoms with Crippen LogP contribution in [0.25, 0.3) is 0 Å². The number of furan rings is 1. The lowest BCUT2D eigenvalue weighted by Crippen LogP contribution is -2.25. The number of hydrogen-bond acceptors (Lipinski definition) is 2. The minimum absolute atomic E-state index is 0.400. The lowest BCUT2D eigenvalue weighted by atomic mass is 10.0. The first-order valence-corrected chi connectivity index (χ1v) is 6.76. The number of rotatable bonds is 5. The van der Waals surface area contributed by atoms with Gasteiger partial charge in [-0.1, -0.05) is 20.8 Å². The molecule has 1 aromatic rings. The van der Waals surface area contributed by atoms with Crippen LogP contribution in [-0.4, -0.2) is 6.54 Å². The molecule has 1 fully saturated rings. The second kappa shape index (κ2) is 4.49. The van der Waals surface area contributed by atoms with Crippen LogP contribution in [0.3, 0.4) is 0 Å². The van der Waals surface area contributed by atoms with Gasteiger partial charge in [0.2, 0.25) is 0 Å². The van der Waals surface area contributed by atoms with Crippen LogP contribution in [0, 0.1) is 25.2 Å². The maximum atomic E-state index is 5.91. The van der Waals surface area contributed by atoms with E-state index < -0.39 is 0 Å². The molecular weight excluding hydrogens is 210 g/mol. The summed E-state index contributed by atoms with van der Waals surface area (Å²) in [5.74, 6) is 2.91. The van der Waals surface area contributed by atoms with Crippen molar-refractivity contribution in [3.05, 3.63) is 23.2 Å². The molecule has 0 bridgehead atoms. The normalized spacial score (nSPS) is 23.7. The first kappa shape index (κ1) is 12.7. The van der Waals surface area contributed by atoms with Crippen molar-refractivity contribution in [2.45, 2.75) is 53.5 Å². The molecule has 0 amide bonds. The quantitative estimate of drug-likeness (QED) is 0.835. The van der Waals surface area contributed by atoms with Crippen LogP contribution in [0.15, 0.2) is 10.5 Å². The van der Waals surface area contributed by atoms with Crippen molar-refractivity contribution in [3.8, 4) is 0 Å². The average Bonchev–Trinajstić information content (AvgIpc) is 2.73. The van der Waals surface area contributed by atoms with Gasteiger partial charge < -0.3 is 9.73 Å². The molecule has 1 aliphatic carbocycles. The molecule has 1 heterocycles. The zero-order valence-corrected chi connectivity index (χ0v) is 11.8. The van der Waals surface area contributed by atoms with Crippen molar-refractivity contribution in [1.82, 2.24) is 5.32 Å². The molecule has 2 unspecified atom stereocenters. The lowest BCUT2D eigenvalue weighted by Gasteiger charge is -2.18. The number of aryl methyl sites for hydroxylation is 2. The molecule has 96 valence electrons. The molecule has 1 N–H and O–H groups in total. The van der Waals surface area contributed by atoms with Crippen molar-refractivity contribution < 1.29 is 4.42 Å². The highest BCUT2D eigenvalue weighted by atomic mass is 16.3. The number of hydrogen-bond donors (Lipinski definition) is 1. The van der Waals surface area contributed by atoms with Crippen molar-refractivity contribution in [2.75, 3.05) is 6.54 Å². The Hall–Kier alpha value is -0.760. The second-order valence-electron chi connectivity index (χ2n) is 6.12. The van der Waals surface area contributed by atoms with Gasteiger partial charge in [0.05, 0.1) is 6.04 Å². The van der Waals surface area contributed by atoms with E-state index in [1.807, 2.05) is 6.92 Å². The summed E-state index contributed by atoms with van der Waals surface area (Å²) in [7, 11) is 0. The number of nitrogens with one attached hydrogen (secondary N) is 1. The molecule has 0 aromatic carbocycles. The Morgan fingerprint density at radius 3 is 2.53 bits per heavy atom. The monoisotopic (exact) mass is 235 g/mol. The Labute approximate surface area is 105 Å². The fourth-order valence-electron chi connectivity index (χ4n) is 2.57. The first-order valence-electron chi connectivity index (χ1n) is 6.76. The van der Waals surface area contributed by atoms with Crippen LogP contribution in [-0.2, 0) is 0 Å². The SMILES string of the molecule is CCCNC(c1cc(C)c(C)o1)C1CC1(C)C. The Morgan fingerprint density at radius 2 is 2.12 bits per heavy atom. The topological polar surface area (TPSA) is 25.2 Å². The Kier molecular flexibility index (Phi) is 3.35. The fraction of sp³-hybridized carbons (Fsp3) is 0.733. The Morgan fingerprint density at radius 1 is 1.47 bits per heavy atom. The molecule has 2 heteroatoms. The third kappa shape index (κ3) is 2.57. The highest BCUT2D eigenvalue weighted by Gasteiger charge is 2.51. The summed E-state index contributed by atoms with van der Waals surface area (Å²) in [5.41, 5.74) is 1.74. The largest absolute Gasteiger partial charge is 0.464 e. The summed E-state index contributed by atoms with van der Waals surface area (Å²) < 4.78 is 5.91. The zero-order valence-electron chi connectivity index (χ0n) is 11.8. The molecule has 0 radical (unpaired) electrons. The van der Waals surface area contributed by atoms with Crippen LogP contribution >= 0.6 is 0 Å². The van der Waals surface area contributed by atoms with Gasteiger partial charge >= 0.3 is 0 Å². The van der Waals surface area contributed by atoms with Gasteiger partial charge in [-0.15, -0.1) is 0 Å². The molecule has 2 rings (SSSR count). The van der Waals surface area contributed by atoms with Gasteiger partial charge in [0.25, 0.3) is 0 Å². The maximum Gasteiger partial charge on any atom is 0.121 e. The Balaban J connectivity index is 2.15.